The Balaban J connectivity index is 1.80. The first-order valence-corrected chi connectivity index (χ1v) is 8.65. The van der Waals surface area contributed by atoms with E-state index in [0.717, 1.165) is 5.01 Å². The van der Waals surface area contributed by atoms with Crippen LogP contribution in [0.15, 0.2) is 47.6 Å². The standard InChI is InChI=1S/C17H11Cl3N4O3/c18-9-6-11(20)12(7-10(9)19)22-16(26)14(25)13-15(21)23-24(17(13)27)8-4-2-1-3-5-8/h1-7,13H,(H2,21,23)(H,22,26). The summed E-state index contributed by atoms with van der Waals surface area (Å²) < 4.78 is 0. The zero-order valence-corrected chi connectivity index (χ0v) is 15.7. The van der Waals surface area contributed by atoms with Gasteiger partial charge in [-0.05, 0) is 24.3 Å². The van der Waals surface area contributed by atoms with Gasteiger partial charge in [-0.1, -0.05) is 53.0 Å². The van der Waals surface area contributed by atoms with Gasteiger partial charge in [0.25, 0.3) is 11.8 Å². The number of para-hydroxylation sites is 1. The van der Waals surface area contributed by atoms with Gasteiger partial charge in [0.1, 0.15) is 5.84 Å². The molecular weight excluding hydrogens is 415 g/mol. The number of benzene rings is 2. The second kappa shape index (κ2) is 7.56. The number of halogens is 3. The van der Waals surface area contributed by atoms with Crippen molar-refractivity contribution >= 4 is 69.6 Å². The summed E-state index contributed by atoms with van der Waals surface area (Å²) in [4.78, 5) is 37.3. The fourth-order valence-electron chi connectivity index (χ4n) is 2.41. The Morgan fingerprint density at radius 3 is 2.33 bits per heavy atom. The summed E-state index contributed by atoms with van der Waals surface area (Å²) in [5, 5.41) is 7.58. The van der Waals surface area contributed by atoms with Crippen LogP contribution in [0.4, 0.5) is 11.4 Å². The molecule has 10 heteroatoms. The molecule has 1 unspecified atom stereocenters. The van der Waals surface area contributed by atoms with Crippen molar-refractivity contribution in [2.75, 3.05) is 10.3 Å². The molecule has 0 fully saturated rings. The number of carbonyl (C=O) groups excluding carboxylic acids is 3. The average Bonchev–Trinajstić information content (AvgIpc) is 2.94. The summed E-state index contributed by atoms with van der Waals surface area (Å²) in [6.45, 7) is 0. The molecule has 138 valence electrons. The van der Waals surface area contributed by atoms with Crippen molar-refractivity contribution in [3.8, 4) is 0 Å². The number of nitrogens with two attached hydrogens (primary N) is 1. The molecule has 0 aliphatic carbocycles. The van der Waals surface area contributed by atoms with Crippen LogP contribution in [0.25, 0.3) is 0 Å². The van der Waals surface area contributed by atoms with Crippen LogP contribution in [0, 0.1) is 5.92 Å². The van der Waals surface area contributed by atoms with Crippen molar-refractivity contribution < 1.29 is 14.4 Å². The highest BCUT2D eigenvalue weighted by atomic mass is 35.5. The monoisotopic (exact) mass is 424 g/mol. The van der Waals surface area contributed by atoms with Crippen LogP contribution >= 0.6 is 34.8 Å². The van der Waals surface area contributed by atoms with Gasteiger partial charge in [0.2, 0.25) is 5.78 Å². The van der Waals surface area contributed by atoms with Crippen LogP contribution in [-0.2, 0) is 14.4 Å². The molecule has 0 bridgehead atoms. The molecule has 1 aliphatic rings. The second-order valence-corrected chi connectivity index (χ2v) is 6.73. The maximum absolute atomic E-state index is 12.5. The third-order valence-electron chi connectivity index (χ3n) is 3.71. The highest BCUT2D eigenvalue weighted by molar-refractivity contribution is 6.51. The summed E-state index contributed by atoms with van der Waals surface area (Å²) in [7, 11) is 0. The number of nitrogens with zero attached hydrogens (tertiary/aromatic N) is 2. The zero-order chi connectivity index (χ0) is 19.7. The molecule has 0 saturated carbocycles. The molecule has 0 aromatic heterocycles. The third kappa shape index (κ3) is 3.75. The molecule has 2 aromatic carbocycles. The SMILES string of the molecule is NC1=NN(c2ccccc2)C(=O)C1C(=O)C(=O)Nc1cc(Cl)c(Cl)cc1Cl. The molecule has 27 heavy (non-hydrogen) atoms. The minimum Gasteiger partial charge on any atom is -0.385 e. The van der Waals surface area contributed by atoms with Crippen LogP contribution in [0.2, 0.25) is 15.1 Å². The molecule has 1 aliphatic heterocycles. The number of carbonyl (C=O) groups is 3. The Bertz CT molecular complexity index is 979. The van der Waals surface area contributed by atoms with Gasteiger partial charge in [-0.15, -0.1) is 0 Å². The van der Waals surface area contributed by atoms with Crippen molar-refractivity contribution in [1.29, 1.82) is 0 Å². The molecular formula is C17H11Cl3N4O3. The van der Waals surface area contributed by atoms with Crippen molar-refractivity contribution in [1.82, 2.24) is 0 Å². The lowest BCUT2D eigenvalue weighted by atomic mass is 10.0. The first-order chi connectivity index (χ1) is 12.8. The molecule has 2 aromatic rings. The Hall–Kier alpha value is -2.61. The van der Waals surface area contributed by atoms with Crippen LogP contribution in [0.1, 0.15) is 0 Å². The molecule has 1 atom stereocenters. The van der Waals surface area contributed by atoms with E-state index in [4.69, 9.17) is 40.5 Å². The van der Waals surface area contributed by atoms with Crippen molar-refractivity contribution in [3.63, 3.8) is 0 Å². The van der Waals surface area contributed by atoms with Crippen molar-refractivity contribution in [2.45, 2.75) is 0 Å². The quantitative estimate of drug-likeness (QED) is 0.446. The van der Waals surface area contributed by atoms with Gasteiger partial charge in [-0.2, -0.15) is 10.1 Å². The largest absolute Gasteiger partial charge is 0.385 e. The van der Waals surface area contributed by atoms with E-state index < -0.39 is 23.5 Å². The van der Waals surface area contributed by atoms with Crippen LogP contribution in [0.5, 0.6) is 0 Å². The van der Waals surface area contributed by atoms with E-state index in [1.807, 2.05) is 0 Å². The Kier molecular flexibility index (Phi) is 5.36. The van der Waals surface area contributed by atoms with Crippen LogP contribution in [0.3, 0.4) is 0 Å². The normalized spacial score (nSPS) is 16.3. The summed E-state index contributed by atoms with van der Waals surface area (Å²) in [5.41, 5.74) is 6.22. The highest BCUT2D eigenvalue weighted by Gasteiger charge is 2.43. The molecule has 2 amide bonds. The highest BCUT2D eigenvalue weighted by Crippen LogP contribution is 2.32. The van der Waals surface area contributed by atoms with E-state index in [0.29, 0.717) is 5.69 Å². The second-order valence-electron chi connectivity index (χ2n) is 5.51. The van der Waals surface area contributed by atoms with E-state index in [1.54, 1.807) is 30.3 Å². The Morgan fingerprint density at radius 1 is 1.04 bits per heavy atom. The number of nitrogens with one attached hydrogen (secondary N) is 1. The number of hydrazone groups is 1. The molecule has 3 N–H and O–H groups in total. The summed E-state index contributed by atoms with van der Waals surface area (Å²) in [5.74, 6) is -4.67. The van der Waals surface area contributed by atoms with E-state index in [-0.39, 0.29) is 26.6 Å². The van der Waals surface area contributed by atoms with Gasteiger partial charge in [0, 0.05) is 0 Å². The van der Waals surface area contributed by atoms with Crippen LogP contribution < -0.4 is 16.1 Å². The average molecular weight is 426 g/mol. The Labute approximate surface area is 168 Å². The van der Waals surface area contributed by atoms with Gasteiger partial charge >= 0.3 is 0 Å². The fourth-order valence-corrected chi connectivity index (χ4v) is 3.00. The number of hydrogen-bond donors (Lipinski definition) is 2. The maximum atomic E-state index is 12.5. The van der Waals surface area contributed by atoms with Crippen molar-refractivity contribution in [3.05, 3.63) is 57.5 Å². The van der Waals surface area contributed by atoms with Crippen molar-refractivity contribution in [2.24, 2.45) is 16.8 Å². The number of anilines is 2. The van der Waals surface area contributed by atoms with Gasteiger partial charge in [-0.3, -0.25) is 14.4 Å². The van der Waals surface area contributed by atoms with Crippen LogP contribution in [-0.4, -0.2) is 23.4 Å². The van der Waals surface area contributed by atoms with Gasteiger partial charge in [-0.25, -0.2) is 0 Å². The summed E-state index contributed by atoms with van der Waals surface area (Å²) in [6, 6.07) is 11.0. The lowest BCUT2D eigenvalue weighted by Gasteiger charge is -2.13. The minimum absolute atomic E-state index is 0.0743. The Morgan fingerprint density at radius 2 is 1.67 bits per heavy atom. The van der Waals surface area contributed by atoms with E-state index in [1.165, 1.54) is 12.1 Å². The van der Waals surface area contributed by atoms with E-state index in [2.05, 4.69) is 10.4 Å². The first kappa shape index (κ1) is 19.2. The predicted octanol–water partition coefficient (Wildman–Crippen LogP) is 3.09. The first-order valence-electron chi connectivity index (χ1n) is 7.52. The molecule has 0 spiro atoms. The maximum Gasteiger partial charge on any atom is 0.293 e. The summed E-state index contributed by atoms with van der Waals surface area (Å²) >= 11 is 17.7. The number of Topliss-reactive ketones (excluding diaryl/α,β-unsaturated/α-hetero) is 1. The number of ketones is 1. The lowest BCUT2D eigenvalue weighted by molar-refractivity contribution is -0.138. The molecule has 0 radical (unpaired) electrons. The minimum atomic E-state index is -1.52. The number of amidine groups is 1. The summed E-state index contributed by atoms with van der Waals surface area (Å²) in [6.07, 6.45) is 0. The number of hydrogen-bond acceptors (Lipinski definition) is 5. The van der Waals surface area contributed by atoms with Gasteiger partial charge < -0.3 is 11.1 Å². The molecule has 3 rings (SSSR count). The van der Waals surface area contributed by atoms with E-state index in [9.17, 15) is 14.4 Å². The molecule has 1 heterocycles. The smallest absolute Gasteiger partial charge is 0.293 e. The number of amides is 2. The molecule has 7 nitrogen and oxygen atoms in total. The van der Waals surface area contributed by atoms with Gasteiger partial charge in [0.15, 0.2) is 5.92 Å². The van der Waals surface area contributed by atoms with Gasteiger partial charge in [0.05, 0.1) is 26.4 Å². The lowest BCUT2D eigenvalue weighted by Crippen LogP contribution is -2.41. The fraction of sp³-hybridized carbons (Fsp3) is 0.0588. The third-order valence-corrected chi connectivity index (χ3v) is 4.75. The zero-order valence-electron chi connectivity index (χ0n) is 13.4. The van der Waals surface area contributed by atoms with E-state index >= 15 is 0 Å². The molecule has 0 saturated heterocycles. The topological polar surface area (TPSA) is 105 Å². The predicted molar refractivity (Wildman–Crippen MR) is 104 cm³/mol. The number of rotatable bonds is 4.